The van der Waals surface area contributed by atoms with E-state index in [2.05, 4.69) is 20.9 Å². The molecule has 1 aliphatic heterocycles. The molecule has 3 amide bonds. The average Bonchev–Trinajstić information content (AvgIpc) is 3.44. The number of aliphatic carboxylic acids is 1. The molecule has 12 nitrogen and oxygen atoms in total. The van der Waals surface area contributed by atoms with E-state index >= 15 is 0 Å². The van der Waals surface area contributed by atoms with Gasteiger partial charge in [-0.3, -0.25) is 9.59 Å². The first-order valence-corrected chi connectivity index (χ1v) is 14.3. The number of carbonyl (C=O) groups is 4. The van der Waals surface area contributed by atoms with E-state index in [1.807, 2.05) is 48.5 Å². The van der Waals surface area contributed by atoms with E-state index in [-0.39, 0.29) is 32.3 Å². The molecule has 4 rings (SSSR count). The van der Waals surface area contributed by atoms with Crippen LogP contribution in [0.25, 0.3) is 0 Å². The number of anilines is 1. The Morgan fingerprint density at radius 3 is 2.41 bits per heavy atom. The number of amides is 3. The van der Waals surface area contributed by atoms with Crippen molar-refractivity contribution in [2.75, 3.05) is 31.6 Å². The van der Waals surface area contributed by atoms with Crippen LogP contribution in [0.15, 0.2) is 72.9 Å². The zero-order valence-electron chi connectivity index (χ0n) is 24.7. The predicted octanol–water partition coefficient (Wildman–Crippen LogP) is 2.91. The molecule has 1 aromatic heterocycles. The van der Waals surface area contributed by atoms with E-state index in [1.54, 1.807) is 43.1 Å². The van der Waals surface area contributed by atoms with Gasteiger partial charge in [0.05, 0.1) is 18.7 Å². The Hall–Kier alpha value is -4.97. The zero-order valence-corrected chi connectivity index (χ0v) is 24.7. The molecule has 3 atom stereocenters. The molecule has 0 radical (unpaired) electrons. The minimum atomic E-state index is -1.34. The first-order chi connectivity index (χ1) is 21.2. The van der Waals surface area contributed by atoms with Crippen molar-refractivity contribution >= 4 is 29.7 Å². The summed E-state index contributed by atoms with van der Waals surface area (Å²) in [5.41, 5.74) is 2.69. The standard InChI is InChI=1S/C32H37N5O7/c1-21-9-8-10-22(2)29(21)30(39)36-26(31(40)41)17-35-28(38)20-43-25-15-24(16-34-27-13-6-7-14-33-27)37(18-25)32(42)44-19-23-11-4-3-5-12-23/h3-14,24-26H,15-20H2,1-2H3,(H,33,34)(H,35,38)(H,36,39)(H,40,41). The Balaban J connectivity index is 1.29. The number of pyridine rings is 1. The van der Waals surface area contributed by atoms with Crippen LogP contribution in [0.1, 0.15) is 33.5 Å². The number of rotatable bonds is 13. The highest BCUT2D eigenvalue weighted by atomic mass is 16.6. The van der Waals surface area contributed by atoms with Gasteiger partial charge in [0.15, 0.2) is 0 Å². The van der Waals surface area contributed by atoms with Crippen LogP contribution in [0, 0.1) is 13.8 Å². The fraction of sp³-hybridized carbons (Fsp3) is 0.344. The van der Waals surface area contributed by atoms with Gasteiger partial charge in [0.2, 0.25) is 5.91 Å². The van der Waals surface area contributed by atoms with Crippen LogP contribution in [0.5, 0.6) is 0 Å². The van der Waals surface area contributed by atoms with E-state index in [9.17, 15) is 24.3 Å². The average molecular weight is 604 g/mol. The minimum Gasteiger partial charge on any atom is -0.480 e. The molecule has 2 aromatic carbocycles. The number of carboxylic acid groups (broad SMARTS) is 1. The molecule has 2 heterocycles. The number of hydrogen-bond acceptors (Lipinski definition) is 8. The molecule has 4 N–H and O–H groups in total. The summed E-state index contributed by atoms with van der Waals surface area (Å²) in [5, 5.41) is 17.8. The van der Waals surface area contributed by atoms with Gasteiger partial charge >= 0.3 is 12.1 Å². The van der Waals surface area contributed by atoms with Crippen LogP contribution in [-0.2, 0) is 25.7 Å². The number of likely N-dealkylation sites (tertiary alicyclic amines) is 1. The molecule has 1 saturated heterocycles. The lowest BCUT2D eigenvalue weighted by Crippen LogP contribution is -2.49. The quantitative estimate of drug-likeness (QED) is 0.230. The van der Waals surface area contributed by atoms with E-state index < -0.39 is 36.0 Å². The normalized spacial score (nSPS) is 16.5. The largest absolute Gasteiger partial charge is 0.480 e. The summed E-state index contributed by atoms with van der Waals surface area (Å²) < 4.78 is 11.4. The second-order valence-electron chi connectivity index (χ2n) is 10.5. The molecule has 1 fully saturated rings. The van der Waals surface area contributed by atoms with Crippen LogP contribution in [0.4, 0.5) is 10.6 Å². The third kappa shape index (κ3) is 9.01. The SMILES string of the molecule is Cc1cccc(C)c1C(=O)NC(CNC(=O)COC1CC(CNc2ccccn2)N(C(=O)OCc2ccccc2)C1)C(=O)O. The van der Waals surface area contributed by atoms with Crippen molar-refractivity contribution in [3.05, 3.63) is 95.2 Å². The number of hydrogen-bond donors (Lipinski definition) is 4. The highest BCUT2D eigenvalue weighted by Crippen LogP contribution is 2.22. The van der Waals surface area contributed by atoms with Gasteiger partial charge in [-0.15, -0.1) is 0 Å². The molecule has 0 bridgehead atoms. The van der Waals surface area contributed by atoms with Gasteiger partial charge in [-0.05, 0) is 49.1 Å². The van der Waals surface area contributed by atoms with Gasteiger partial charge < -0.3 is 35.4 Å². The summed E-state index contributed by atoms with van der Waals surface area (Å²) in [7, 11) is 0. The molecule has 0 saturated carbocycles. The van der Waals surface area contributed by atoms with Gasteiger partial charge in [0.25, 0.3) is 5.91 Å². The molecule has 44 heavy (non-hydrogen) atoms. The lowest BCUT2D eigenvalue weighted by Gasteiger charge is -2.24. The fourth-order valence-electron chi connectivity index (χ4n) is 4.97. The lowest BCUT2D eigenvalue weighted by molar-refractivity contribution is -0.139. The monoisotopic (exact) mass is 603 g/mol. The zero-order chi connectivity index (χ0) is 31.5. The summed E-state index contributed by atoms with van der Waals surface area (Å²) in [4.78, 5) is 56.0. The number of carboxylic acids is 1. The molecule has 3 aromatic rings. The molecular formula is C32H37N5O7. The molecule has 0 aliphatic carbocycles. The Labute approximate surface area is 255 Å². The highest BCUT2D eigenvalue weighted by Gasteiger charge is 2.37. The lowest BCUT2D eigenvalue weighted by atomic mass is 10.0. The summed E-state index contributed by atoms with van der Waals surface area (Å²) in [6.07, 6.45) is 1.15. The molecule has 1 aliphatic rings. The maximum absolute atomic E-state index is 13.0. The Kier molecular flexibility index (Phi) is 11.2. The fourth-order valence-corrected chi connectivity index (χ4v) is 4.97. The number of aryl methyl sites for hydroxylation is 2. The van der Waals surface area contributed by atoms with E-state index in [4.69, 9.17) is 9.47 Å². The summed E-state index contributed by atoms with van der Waals surface area (Å²) in [6.45, 7) is 3.58. The van der Waals surface area contributed by atoms with Gasteiger partial charge in [0.1, 0.15) is 25.1 Å². The van der Waals surface area contributed by atoms with E-state index in [0.29, 0.717) is 35.5 Å². The Morgan fingerprint density at radius 1 is 1.00 bits per heavy atom. The van der Waals surface area contributed by atoms with Gasteiger partial charge in [-0.2, -0.15) is 0 Å². The number of nitrogens with zero attached hydrogens (tertiary/aromatic N) is 2. The van der Waals surface area contributed by atoms with E-state index in [0.717, 1.165) is 5.56 Å². The summed E-state index contributed by atoms with van der Waals surface area (Å²) in [5.74, 6) is -1.71. The smallest absolute Gasteiger partial charge is 0.410 e. The van der Waals surface area contributed by atoms with E-state index in [1.165, 1.54) is 0 Å². The summed E-state index contributed by atoms with van der Waals surface area (Å²) in [6, 6.07) is 18.5. The van der Waals surface area contributed by atoms with Gasteiger partial charge in [-0.25, -0.2) is 14.6 Å². The van der Waals surface area contributed by atoms with Crippen LogP contribution >= 0.6 is 0 Å². The maximum Gasteiger partial charge on any atom is 0.410 e. The van der Waals surface area contributed by atoms with Gasteiger partial charge in [0, 0.05) is 24.8 Å². The third-order valence-electron chi connectivity index (χ3n) is 7.26. The number of aromatic nitrogens is 1. The molecular weight excluding hydrogens is 566 g/mol. The van der Waals surface area contributed by atoms with Crippen molar-refractivity contribution in [2.45, 2.75) is 45.1 Å². The van der Waals surface area contributed by atoms with Crippen LogP contribution in [0.2, 0.25) is 0 Å². The molecule has 12 heteroatoms. The van der Waals surface area contributed by atoms with Gasteiger partial charge in [-0.1, -0.05) is 54.6 Å². The minimum absolute atomic E-state index is 0.120. The van der Waals surface area contributed by atoms with Crippen molar-refractivity contribution < 1.29 is 33.8 Å². The number of ether oxygens (including phenoxy) is 2. The third-order valence-corrected chi connectivity index (χ3v) is 7.26. The van der Waals surface area contributed by atoms with Crippen molar-refractivity contribution in [1.29, 1.82) is 0 Å². The van der Waals surface area contributed by atoms with Crippen LogP contribution in [-0.4, -0.2) is 83.3 Å². The number of nitrogens with one attached hydrogen (secondary N) is 3. The Morgan fingerprint density at radius 2 is 1.73 bits per heavy atom. The molecule has 232 valence electrons. The van der Waals surface area contributed by atoms with Crippen molar-refractivity contribution in [3.63, 3.8) is 0 Å². The maximum atomic E-state index is 13.0. The predicted molar refractivity (Wildman–Crippen MR) is 162 cm³/mol. The molecule has 3 unspecified atom stereocenters. The van der Waals surface area contributed by atoms with Crippen molar-refractivity contribution in [1.82, 2.24) is 20.5 Å². The highest BCUT2D eigenvalue weighted by molar-refractivity contribution is 5.99. The number of benzene rings is 2. The topological polar surface area (TPSA) is 159 Å². The number of carbonyl (C=O) groups excluding carboxylic acids is 3. The molecule has 0 spiro atoms. The second-order valence-corrected chi connectivity index (χ2v) is 10.5. The van der Waals surface area contributed by atoms with Crippen LogP contribution in [0.3, 0.4) is 0 Å². The summed E-state index contributed by atoms with van der Waals surface area (Å²) >= 11 is 0. The van der Waals surface area contributed by atoms with Crippen molar-refractivity contribution in [3.8, 4) is 0 Å². The second kappa shape index (κ2) is 15.5. The Bertz CT molecular complexity index is 1420. The van der Waals surface area contributed by atoms with Crippen molar-refractivity contribution in [2.24, 2.45) is 0 Å². The first-order valence-electron chi connectivity index (χ1n) is 14.3. The first kappa shape index (κ1) is 32.0. The van der Waals surface area contributed by atoms with Crippen LogP contribution < -0.4 is 16.0 Å².